The van der Waals surface area contributed by atoms with Crippen molar-refractivity contribution in [1.29, 1.82) is 0 Å². The van der Waals surface area contributed by atoms with Gasteiger partial charge in [-0.3, -0.25) is 0 Å². The molecule has 0 atom stereocenters. The Hall–Kier alpha value is -1.68. The van der Waals surface area contributed by atoms with Crippen LogP contribution < -0.4 is 0 Å². The fourth-order valence-corrected chi connectivity index (χ4v) is 2.98. The van der Waals surface area contributed by atoms with E-state index in [4.69, 9.17) is 5.11 Å². The van der Waals surface area contributed by atoms with Gasteiger partial charge in [0.05, 0.1) is 10.7 Å². The third-order valence-electron chi connectivity index (χ3n) is 3.06. The molecule has 1 aromatic carbocycles. The Bertz CT molecular complexity index is 572. The monoisotopic (exact) mass is 275 g/mol. The first-order chi connectivity index (χ1) is 9.13. The van der Waals surface area contributed by atoms with E-state index in [1.807, 2.05) is 6.92 Å². The van der Waals surface area contributed by atoms with Crippen LogP contribution in [0.2, 0.25) is 0 Å². The van der Waals surface area contributed by atoms with Crippen molar-refractivity contribution in [3.05, 3.63) is 51.0 Å². The summed E-state index contributed by atoms with van der Waals surface area (Å²) in [6.45, 7) is 4.06. The van der Waals surface area contributed by atoms with Crippen LogP contribution in [0.15, 0.2) is 24.3 Å². The first-order valence-electron chi connectivity index (χ1n) is 6.43. The van der Waals surface area contributed by atoms with E-state index < -0.39 is 5.97 Å². The summed E-state index contributed by atoms with van der Waals surface area (Å²) in [5, 5.41) is 9.99. The van der Waals surface area contributed by atoms with Crippen molar-refractivity contribution in [1.82, 2.24) is 4.98 Å². The number of hydrogen-bond acceptors (Lipinski definition) is 3. The zero-order chi connectivity index (χ0) is 13.8. The van der Waals surface area contributed by atoms with Gasteiger partial charge in [0.15, 0.2) is 0 Å². The minimum Gasteiger partial charge on any atom is -0.477 e. The summed E-state index contributed by atoms with van der Waals surface area (Å²) >= 11 is 1.29. The smallest absolute Gasteiger partial charge is 0.347 e. The Kier molecular flexibility index (Phi) is 4.32. The zero-order valence-corrected chi connectivity index (χ0v) is 12.0. The van der Waals surface area contributed by atoms with E-state index in [1.54, 1.807) is 0 Å². The van der Waals surface area contributed by atoms with Gasteiger partial charge in [-0.1, -0.05) is 38.1 Å². The van der Waals surface area contributed by atoms with Crippen molar-refractivity contribution in [3.8, 4) is 0 Å². The predicted octanol–water partition coefficient (Wildman–Crippen LogP) is 3.56. The van der Waals surface area contributed by atoms with Crippen LogP contribution in [0.5, 0.6) is 0 Å². The number of rotatable bonds is 5. The summed E-state index contributed by atoms with van der Waals surface area (Å²) < 4.78 is 0. The Balaban J connectivity index is 2.20. The Morgan fingerprint density at radius 2 is 1.79 bits per heavy atom. The number of carboxylic acids is 1. The SMILES string of the molecule is CCc1ccc(Cc2nc(CC)c(C(=O)O)s2)cc1. The second-order valence-corrected chi connectivity index (χ2v) is 5.47. The first kappa shape index (κ1) is 13.7. The molecule has 0 bridgehead atoms. The number of benzene rings is 1. The maximum atomic E-state index is 11.1. The number of thiazole rings is 1. The highest BCUT2D eigenvalue weighted by atomic mass is 32.1. The Morgan fingerprint density at radius 3 is 2.26 bits per heavy atom. The van der Waals surface area contributed by atoms with Crippen LogP contribution in [0.4, 0.5) is 0 Å². The summed E-state index contributed by atoms with van der Waals surface area (Å²) in [5.74, 6) is -0.873. The van der Waals surface area contributed by atoms with Crippen molar-refractivity contribution in [2.45, 2.75) is 33.1 Å². The van der Waals surface area contributed by atoms with E-state index in [1.165, 1.54) is 22.5 Å². The lowest BCUT2D eigenvalue weighted by Gasteiger charge is -2.00. The van der Waals surface area contributed by atoms with Crippen LogP contribution in [0.25, 0.3) is 0 Å². The lowest BCUT2D eigenvalue weighted by molar-refractivity contribution is 0.0701. The van der Waals surface area contributed by atoms with E-state index in [-0.39, 0.29) is 0 Å². The lowest BCUT2D eigenvalue weighted by atomic mass is 10.1. The fraction of sp³-hybridized carbons (Fsp3) is 0.333. The van der Waals surface area contributed by atoms with Gasteiger partial charge in [0.2, 0.25) is 0 Å². The number of carbonyl (C=O) groups is 1. The maximum Gasteiger partial charge on any atom is 0.347 e. The van der Waals surface area contributed by atoms with Gasteiger partial charge in [0.1, 0.15) is 4.88 Å². The van der Waals surface area contributed by atoms with Crippen LogP contribution >= 0.6 is 11.3 Å². The molecule has 1 aromatic heterocycles. The number of aryl methyl sites for hydroxylation is 2. The molecule has 0 saturated carbocycles. The molecular weight excluding hydrogens is 258 g/mol. The second-order valence-electron chi connectivity index (χ2n) is 4.39. The van der Waals surface area contributed by atoms with Crippen molar-refractivity contribution in [2.75, 3.05) is 0 Å². The molecule has 1 heterocycles. The maximum absolute atomic E-state index is 11.1. The normalized spacial score (nSPS) is 10.6. The quantitative estimate of drug-likeness (QED) is 0.907. The van der Waals surface area contributed by atoms with Gasteiger partial charge in [-0.2, -0.15) is 0 Å². The van der Waals surface area contributed by atoms with Gasteiger partial charge < -0.3 is 5.11 Å². The van der Waals surface area contributed by atoms with Gasteiger partial charge in [-0.25, -0.2) is 9.78 Å². The van der Waals surface area contributed by atoms with Gasteiger partial charge in [0.25, 0.3) is 0 Å². The minimum atomic E-state index is -0.873. The molecule has 0 aliphatic heterocycles. The fourth-order valence-electron chi connectivity index (χ4n) is 1.95. The van der Waals surface area contributed by atoms with Crippen LogP contribution in [0.3, 0.4) is 0 Å². The minimum absolute atomic E-state index is 0.377. The summed E-state index contributed by atoms with van der Waals surface area (Å²) in [6.07, 6.45) is 2.39. The molecule has 4 heteroatoms. The highest BCUT2D eigenvalue weighted by Crippen LogP contribution is 2.22. The van der Waals surface area contributed by atoms with E-state index in [2.05, 4.69) is 36.2 Å². The standard InChI is InChI=1S/C15H17NO2S/c1-3-10-5-7-11(8-6-10)9-13-16-12(4-2)14(19-13)15(17)18/h5-8H,3-4,9H2,1-2H3,(H,17,18). The summed E-state index contributed by atoms with van der Waals surface area (Å²) in [5.41, 5.74) is 3.17. The summed E-state index contributed by atoms with van der Waals surface area (Å²) in [7, 11) is 0. The van der Waals surface area contributed by atoms with E-state index in [9.17, 15) is 4.79 Å². The van der Waals surface area contributed by atoms with E-state index >= 15 is 0 Å². The van der Waals surface area contributed by atoms with Crippen molar-refractivity contribution in [2.24, 2.45) is 0 Å². The molecule has 0 saturated heterocycles. The van der Waals surface area contributed by atoms with Crippen molar-refractivity contribution < 1.29 is 9.90 Å². The van der Waals surface area contributed by atoms with Crippen LogP contribution in [0.1, 0.15) is 45.3 Å². The average Bonchev–Trinajstić information content (AvgIpc) is 2.83. The Labute approximate surface area is 116 Å². The second kappa shape index (κ2) is 5.97. The molecule has 2 rings (SSSR count). The third kappa shape index (κ3) is 3.20. The van der Waals surface area contributed by atoms with E-state index in [0.29, 0.717) is 23.4 Å². The molecule has 2 aromatic rings. The third-order valence-corrected chi connectivity index (χ3v) is 4.14. The van der Waals surface area contributed by atoms with Gasteiger partial charge in [-0.05, 0) is 24.0 Å². The van der Waals surface area contributed by atoms with Crippen LogP contribution in [-0.4, -0.2) is 16.1 Å². The summed E-state index contributed by atoms with van der Waals surface area (Å²) in [4.78, 5) is 15.9. The van der Waals surface area contributed by atoms with Gasteiger partial charge >= 0.3 is 5.97 Å². The molecule has 0 spiro atoms. The number of carboxylic acid groups (broad SMARTS) is 1. The summed E-state index contributed by atoms with van der Waals surface area (Å²) in [6, 6.07) is 8.40. The molecule has 19 heavy (non-hydrogen) atoms. The predicted molar refractivity (Wildman–Crippen MR) is 77.1 cm³/mol. The first-order valence-corrected chi connectivity index (χ1v) is 7.25. The topological polar surface area (TPSA) is 50.2 Å². The molecule has 0 aliphatic carbocycles. The molecular formula is C15H17NO2S. The lowest BCUT2D eigenvalue weighted by Crippen LogP contribution is -1.97. The Morgan fingerprint density at radius 1 is 1.16 bits per heavy atom. The molecule has 0 radical (unpaired) electrons. The molecule has 0 fully saturated rings. The number of aromatic nitrogens is 1. The molecule has 100 valence electrons. The molecule has 3 nitrogen and oxygen atoms in total. The van der Waals surface area contributed by atoms with E-state index in [0.717, 1.165) is 11.4 Å². The zero-order valence-electron chi connectivity index (χ0n) is 11.1. The highest BCUT2D eigenvalue weighted by Gasteiger charge is 2.15. The van der Waals surface area contributed by atoms with Gasteiger partial charge in [-0.15, -0.1) is 11.3 Å². The van der Waals surface area contributed by atoms with Crippen molar-refractivity contribution >= 4 is 17.3 Å². The largest absolute Gasteiger partial charge is 0.477 e. The highest BCUT2D eigenvalue weighted by molar-refractivity contribution is 7.13. The molecule has 1 N–H and O–H groups in total. The van der Waals surface area contributed by atoms with Gasteiger partial charge in [0, 0.05) is 6.42 Å². The number of aromatic carboxylic acids is 1. The molecule has 0 amide bonds. The number of hydrogen-bond donors (Lipinski definition) is 1. The van der Waals surface area contributed by atoms with Crippen LogP contribution in [-0.2, 0) is 19.3 Å². The number of nitrogens with zero attached hydrogens (tertiary/aromatic N) is 1. The molecule has 0 unspecified atom stereocenters. The molecule has 0 aliphatic rings. The van der Waals surface area contributed by atoms with Crippen molar-refractivity contribution in [3.63, 3.8) is 0 Å². The average molecular weight is 275 g/mol. The van der Waals surface area contributed by atoms with Crippen LogP contribution in [0, 0.1) is 0 Å².